The van der Waals surface area contributed by atoms with Crippen molar-refractivity contribution in [2.45, 2.75) is 51.7 Å². The van der Waals surface area contributed by atoms with Crippen molar-refractivity contribution < 1.29 is 18.7 Å². The van der Waals surface area contributed by atoms with Gasteiger partial charge in [0, 0.05) is 22.8 Å². The van der Waals surface area contributed by atoms with Crippen molar-refractivity contribution in [2.24, 2.45) is 0 Å². The number of aryl methyl sites for hydroxylation is 2. The van der Waals surface area contributed by atoms with Crippen LogP contribution < -0.4 is 20.4 Å². The smallest absolute Gasteiger partial charge is 0.349 e. The number of hydrogen-bond acceptors (Lipinski definition) is 7. The van der Waals surface area contributed by atoms with Crippen molar-refractivity contribution in [3.05, 3.63) is 57.7 Å². The fourth-order valence-electron chi connectivity index (χ4n) is 3.92. The van der Waals surface area contributed by atoms with Gasteiger partial charge in [0.1, 0.15) is 11.7 Å². The number of para-hydroxylation sites is 1. The zero-order valence-corrected chi connectivity index (χ0v) is 17.8. The number of ether oxygens (including phenoxy) is 2. The SMILES string of the molecule is COc1cccc2cc(C(=O)NC3CCC(Oc4nc(C)cc(C)n4)CC3)c(=O)oc12. The Morgan fingerprint density at radius 2 is 1.81 bits per heavy atom. The van der Waals surface area contributed by atoms with Crippen LogP contribution in [-0.4, -0.2) is 35.1 Å². The number of fused-ring (bicyclic) bond motifs is 1. The first kappa shape index (κ1) is 20.8. The first-order valence-corrected chi connectivity index (χ1v) is 10.3. The number of nitrogens with one attached hydrogen (secondary N) is 1. The number of methoxy groups -OCH3 is 1. The van der Waals surface area contributed by atoms with Gasteiger partial charge >= 0.3 is 11.6 Å². The van der Waals surface area contributed by atoms with Gasteiger partial charge in [0.05, 0.1) is 7.11 Å². The third-order valence-electron chi connectivity index (χ3n) is 5.43. The van der Waals surface area contributed by atoms with E-state index in [0.717, 1.165) is 37.1 Å². The molecule has 0 unspecified atom stereocenters. The molecule has 0 aliphatic heterocycles. The predicted octanol–water partition coefficient (Wildman–Crippen LogP) is 3.33. The van der Waals surface area contributed by atoms with Crippen LogP contribution in [0.1, 0.15) is 47.4 Å². The van der Waals surface area contributed by atoms with Gasteiger partial charge in [-0.15, -0.1) is 0 Å². The molecule has 2 aromatic heterocycles. The zero-order chi connectivity index (χ0) is 22.0. The minimum atomic E-state index is -0.682. The number of rotatable bonds is 5. The van der Waals surface area contributed by atoms with Crippen molar-refractivity contribution in [3.8, 4) is 11.8 Å². The minimum Gasteiger partial charge on any atom is -0.493 e. The predicted molar refractivity (Wildman–Crippen MR) is 115 cm³/mol. The van der Waals surface area contributed by atoms with E-state index in [1.807, 2.05) is 19.9 Å². The van der Waals surface area contributed by atoms with Gasteiger partial charge in [0.2, 0.25) is 0 Å². The number of hydrogen-bond donors (Lipinski definition) is 1. The number of carbonyl (C=O) groups excluding carboxylic acids is 1. The third-order valence-corrected chi connectivity index (χ3v) is 5.43. The van der Waals surface area contributed by atoms with E-state index in [2.05, 4.69) is 15.3 Å². The maximum atomic E-state index is 12.7. The van der Waals surface area contributed by atoms with Crippen LogP contribution >= 0.6 is 0 Å². The van der Waals surface area contributed by atoms with E-state index in [0.29, 0.717) is 22.7 Å². The molecule has 0 atom stereocenters. The summed E-state index contributed by atoms with van der Waals surface area (Å²) in [7, 11) is 1.50. The minimum absolute atomic E-state index is 0.00700. The summed E-state index contributed by atoms with van der Waals surface area (Å²) in [6.45, 7) is 3.82. The van der Waals surface area contributed by atoms with E-state index < -0.39 is 11.5 Å². The van der Waals surface area contributed by atoms with E-state index in [9.17, 15) is 9.59 Å². The number of carbonyl (C=O) groups is 1. The van der Waals surface area contributed by atoms with Gasteiger partial charge in [-0.25, -0.2) is 14.8 Å². The Kier molecular flexibility index (Phi) is 5.88. The molecular weight excluding hydrogens is 398 g/mol. The summed E-state index contributed by atoms with van der Waals surface area (Å²) in [5.74, 6) is 0.0214. The lowest BCUT2D eigenvalue weighted by molar-refractivity contribution is 0.0881. The number of amides is 1. The Balaban J connectivity index is 1.39. The Morgan fingerprint density at radius 1 is 1.10 bits per heavy atom. The first-order valence-electron chi connectivity index (χ1n) is 10.3. The van der Waals surface area contributed by atoms with Crippen LogP contribution in [0.2, 0.25) is 0 Å². The highest BCUT2D eigenvalue weighted by molar-refractivity contribution is 5.97. The molecular formula is C23H25N3O5. The molecule has 0 radical (unpaired) electrons. The monoisotopic (exact) mass is 423 g/mol. The first-order chi connectivity index (χ1) is 14.9. The van der Waals surface area contributed by atoms with Crippen LogP contribution in [-0.2, 0) is 0 Å². The van der Waals surface area contributed by atoms with Crippen molar-refractivity contribution in [2.75, 3.05) is 7.11 Å². The molecule has 4 rings (SSSR count). The molecule has 0 bridgehead atoms. The normalized spacial score (nSPS) is 18.5. The second-order valence-electron chi connectivity index (χ2n) is 7.82. The summed E-state index contributed by atoms with van der Waals surface area (Å²) in [4.78, 5) is 33.8. The fourth-order valence-corrected chi connectivity index (χ4v) is 3.92. The molecule has 0 saturated heterocycles. The molecule has 31 heavy (non-hydrogen) atoms. The van der Waals surface area contributed by atoms with Gasteiger partial charge in [-0.1, -0.05) is 12.1 Å². The van der Waals surface area contributed by atoms with Gasteiger partial charge in [0.25, 0.3) is 5.91 Å². The summed E-state index contributed by atoms with van der Waals surface area (Å²) in [6.07, 6.45) is 3.03. The van der Waals surface area contributed by atoms with Crippen molar-refractivity contribution in [1.82, 2.24) is 15.3 Å². The summed E-state index contributed by atoms with van der Waals surface area (Å²) in [5, 5.41) is 3.59. The Hall–Kier alpha value is -3.42. The molecule has 1 saturated carbocycles. The Labute approximate surface area is 179 Å². The van der Waals surface area contributed by atoms with Gasteiger partial charge in [-0.2, -0.15) is 0 Å². The van der Waals surface area contributed by atoms with Gasteiger partial charge in [-0.05, 0) is 57.7 Å². The van der Waals surface area contributed by atoms with Crippen LogP contribution in [0.15, 0.2) is 39.5 Å². The summed E-state index contributed by atoms with van der Waals surface area (Å²) in [6, 6.07) is 9.07. The summed E-state index contributed by atoms with van der Waals surface area (Å²) in [5.41, 5.74) is 1.38. The van der Waals surface area contributed by atoms with E-state index in [1.54, 1.807) is 24.3 Å². The molecule has 1 N–H and O–H groups in total. The quantitative estimate of drug-likeness (QED) is 0.628. The van der Waals surface area contributed by atoms with Crippen LogP contribution in [0.25, 0.3) is 11.0 Å². The van der Waals surface area contributed by atoms with Gasteiger partial charge in [-0.3, -0.25) is 4.79 Å². The maximum absolute atomic E-state index is 12.7. The molecule has 3 aromatic rings. The standard InChI is InChI=1S/C23H25N3O5/c1-13-11-14(2)25-23(24-13)30-17-9-7-16(8-10-17)26-21(27)18-12-15-5-4-6-19(29-3)20(15)31-22(18)28/h4-6,11-12,16-17H,7-10H2,1-3H3,(H,26,27). The largest absolute Gasteiger partial charge is 0.493 e. The lowest BCUT2D eigenvalue weighted by Crippen LogP contribution is -2.41. The molecule has 8 heteroatoms. The van der Waals surface area contributed by atoms with Crippen molar-refractivity contribution in [3.63, 3.8) is 0 Å². The fraction of sp³-hybridized carbons (Fsp3) is 0.391. The molecule has 2 heterocycles. The maximum Gasteiger partial charge on any atom is 0.349 e. The molecule has 1 aliphatic carbocycles. The molecule has 1 fully saturated rings. The average Bonchev–Trinajstić information content (AvgIpc) is 2.73. The number of nitrogens with zero attached hydrogens (tertiary/aromatic N) is 2. The van der Waals surface area contributed by atoms with Crippen LogP contribution in [0, 0.1) is 13.8 Å². The molecule has 8 nitrogen and oxygen atoms in total. The van der Waals surface area contributed by atoms with Crippen LogP contribution in [0.3, 0.4) is 0 Å². The average molecular weight is 423 g/mol. The molecule has 1 aromatic carbocycles. The lowest BCUT2D eigenvalue weighted by atomic mass is 9.93. The molecule has 1 aliphatic rings. The summed E-state index contributed by atoms with van der Waals surface area (Å²) >= 11 is 0. The third kappa shape index (κ3) is 4.68. The zero-order valence-electron chi connectivity index (χ0n) is 17.8. The highest BCUT2D eigenvalue weighted by atomic mass is 16.5. The highest BCUT2D eigenvalue weighted by Crippen LogP contribution is 2.25. The number of benzene rings is 1. The van der Waals surface area contributed by atoms with E-state index in [-0.39, 0.29) is 17.7 Å². The Morgan fingerprint density at radius 3 is 2.48 bits per heavy atom. The number of aromatic nitrogens is 2. The van der Waals surface area contributed by atoms with E-state index in [1.165, 1.54) is 7.11 Å². The second kappa shape index (κ2) is 8.75. The highest BCUT2D eigenvalue weighted by Gasteiger charge is 2.26. The van der Waals surface area contributed by atoms with Crippen LogP contribution in [0.4, 0.5) is 0 Å². The topological polar surface area (TPSA) is 104 Å². The van der Waals surface area contributed by atoms with E-state index in [4.69, 9.17) is 13.9 Å². The van der Waals surface area contributed by atoms with E-state index >= 15 is 0 Å². The van der Waals surface area contributed by atoms with Gasteiger partial charge < -0.3 is 19.2 Å². The molecule has 162 valence electrons. The lowest BCUT2D eigenvalue weighted by Gasteiger charge is -2.28. The van der Waals surface area contributed by atoms with Crippen molar-refractivity contribution >= 4 is 16.9 Å². The second-order valence-corrected chi connectivity index (χ2v) is 7.82. The molecule has 0 spiro atoms. The van der Waals surface area contributed by atoms with Gasteiger partial charge in [0.15, 0.2) is 11.3 Å². The van der Waals surface area contributed by atoms with Crippen LogP contribution in [0.5, 0.6) is 11.8 Å². The Bertz CT molecular complexity index is 1150. The molecule has 1 amide bonds. The van der Waals surface area contributed by atoms with Crippen molar-refractivity contribution in [1.29, 1.82) is 0 Å². The summed E-state index contributed by atoms with van der Waals surface area (Å²) < 4.78 is 16.5.